The molecule has 32 heavy (non-hydrogen) atoms. The molecule has 2 aromatic rings. The molecule has 1 aliphatic rings. The van der Waals surface area contributed by atoms with Gasteiger partial charge in [-0.3, -0.25) is 14.4 Å². The highest BCUT2D eigenvalue weighted by atomic mass is 79.9. The van der Waals surface area contributed by atoms with E-state index < -0.39 is 24.4 Å². The predicted octanol–water partition coefficient (Wildman–Crippen LogP) is 5.07. The third kappa shape index (κ3) is 5.15. The first-order chi connectivity index (χ1) is 15.3. The molecule has 1 fully saturated rings. The number of carbonyl (C=O) groups excluding carboxylic acids is 3. The van der Waals surface area contributed by atoms with Crippen molar-refractivity contribution in [1.82, 2.24) is 0 Å². The zero-order valence-corrected chi connectivity index (χ0v) is 20.7. The summed E-state index contributed by atoms with van der Waals surface area (Å²) in [6, 6.07) is 9.46. The van der Waals surface area contributed by atoms with Gasteiger partial charge in [-0.1, -0.05) is 43.6 Å². The molecule has 0 aromatic heterocycles. The molecule has 1 saturated heterocycles. The van der Waals surface area contributed by atoms with Gasteiger partial charge in [0.25, 0.3) is 5.91 Å². The summed E-state index contributed by atoms with van der Waals surface area (Å²) in [7, 11) is 0. The minimum absolute atomic E-state index is 0.0725. The summed E-state index contributed by atoms with van der Waals surface area (Å²) in [6.07, 6.45) is 1.66. The van der Waals surface area contributed by atoms with Crippen LogP contribution < -0.4 is 10.2 Å². The normalized spacial score (nSPS) is 15.7. The molecule has 0 aliphatic carbocycles. The fourth-order valence-electron chi connectivity index (χ4n) is 3.87. The molecule has 1 heterocycles. The Morgan fingerprint density at radius 1 is 1.19 bits per heavy atom. The summed E-state index contributed by atoms with van der Waals surface area (Å²) in [5, 5.41) is 3.20. The van der Waals surface area contributed by atoms with E-state index in [1.54, 1.807) is 24.0 Å². The molecule has 0 unspecified atom stereocenters. The average Bonchev–Trinajstić information content (AvgIpc) is 3.18. The third-order valence-corrected chi connectivity index (χ3v) is 7.03. The first kappa shape index (κ1) is 24.3. The number of ether oxygens (including phenoxy) is 1. The number of esters is 1. The van der Waals surface area contributed by atoms with Crippen LogP contribution in [0.3, 0.4) is 0 Å². The Morgan fingerprint density at radius 3 is 2.47 bits per heavy atom. The summed E-state index contributed by atoms with van der Waals surface area (Å²) < 4.78 is 5.96. The molecule has 1 N–H and O–H groups in total. The minimum Gasteiger partial charge on any atom is -0.455 e. The topological polar surface area (TPSA) is 75.7 Å². The number of anilines is 2. The monoisotopic (exact) mass is 520 g/mol. The van der Waals surface area contributed by atoms with Gasteiger partial charge in [-0.05, 0) is 64.5 Å². The van der Waals surface area contributed by atoms with Crippen molar-refractivity contribution in [3.63, 3.8) is 0 Å². The van der Waals surface area contributed by atoms with Crippen molar-refractivity contribution in [3.8, 4) is 0 Å². The molecule has 0 spiro atoms. The second-order valence-electron chi connectivity index (χ2n) is 7.73. The van der Waals surface area contributed by atoms with Crippen LogP contribution >= 0.6 is 27.5 Å². The van der Waals surface area contributed by atoms with Gasteiger partial charge in [0, 0.05) is 28.8 Å². The van der Waals surface area contributed by atoms with E-state index >= 15 is 0 Å². The summed E-state index contributed by atoms with van der Waals surface area (Å²) >= 11 is 9.51. The average molecular weight is 522 g/mol. The third-order valence-electron chi connectivity index (χ3n) is 5.65. The van der Waals surface area contributed by atoms with Crippen molar-refractivity contribution < 1.29 is 19.1 Å². The maximum Gasteiger partial charge on any atom is 0.311 e. The van der Waals surface area contributed by atoms with Gasteiger partial charge in [0.05, 0.1) is 10.9 Å². The van der Waals surface area contributed by atoms with Gasteiger partial charge in [0.1, 0.15) is 0 Å². The molecule has 2 aromatic carbocycles. The quantitative estimate of drug-likeness (QED) is 0.516. The fourth-order valence-corrected chi connectivity index (χ4v) is 4.47. The zero-order valence-electron chi connectivity index (χ0n) is 18.3. The molecule has 3 rings (SSSR count). The summed E-state index contributed by atoms with van der Waals surface area (Å²) in [4.78, 5) is 39.3. The molecule has 0 saturated carbocycles. The number of halogens is 2. The Labute approximate surface area is 201 Å². The Hall–Kier alpha value is -2.38. The van der Waals surface area contributed by atoms with Gasteiger partial charge >= 0.3 is 5.97 Å². The molecule has 1 aliphatic heterocycles. The van der Waals surface area contributed by atoms with Crippen molar-refractivity contribution in [1.29, 1.82) is 0 Å². The number of hydrogen-bond donors (Lipinski definition) is 1. The van der Waals surface area contributed by atoms with Crippen LogP contribution in [0, 0.1) is 12.8 Å². The first-order valence-electron chi connectivity index (χ1n) is 10.6. The molecule has 0 bridgehead atoms. The van der Waals surface area contributed by atoms with Crippen LogP contribution in [0.15, 0.2) is 34.8 Å². The highest BCUT2D eigenvalue weighted by Gasteiger charge is 2.37. The van der Waals surface area contributed by atoms with Crippen molar-refractivity contribution in [3.05, 3.63) is 56.5 Å². The molecule has 0 radical (unpaired) electrons. The van der Waals surface area contributed by atoms with Crippen molar-refractivity contribution in [2.75, 3.05) is 23.4 Å². The minimum atomic E-state index is -0.603. The number of carbonyl (C=O) groups is 3. The van der Waals surface area contributed by atoms with Crippen molar-refractivity contribution in [2.24, 2.45) is 5.92 Å². The lowest BCUT2D eigenvalue weighted by Crippen LogP contribution is -2.29. The lowest BCUT2D eigenvalue weighted by molar-refractivity contribution is -0.151. The van der Waals surface area contributed by atoms with E-state index in [0.29, 0.717) is 16.3 Å². The summed E-state index contributed by atoms with van der Waals surface area (Å²) in [6.45, 7) is 5.70. The molecule has 6 nitrogen and oxygen atoms in total. The zero-order chi connectivity index (χ0) is 23.4. The van der Waals surface area contributed by atoms with E-state index in [0.717, 1.165) is 34.1 Å². The lowest BCUT2D eigenvalue weighted by Gasteiger charge is -2.23. The van der Waals surface area contributed by atoms with E-state index in [1.165, 1.54) is 0 Å². The molecule has 2 amide bonds. The van der Waals surface area contributed by atoms with Crippen LogP contribution in [-0.2, 0) is 32.0 Å². The fraction of sp³-hybridized carbons (Fsp3) is 0.375. The highest BCUT2D eigenvalue weighted by Crippen LogP contribution is 2.33. The van der Waals surface area contributed by atoms with Gasteiger partial charge in [0.15, 0.2) is 6.61 Å². The van der Waals surface area contributed by atoms with Crippen molar-refractivity contribution in [2.45, 2.75) is 40.0 Å². The van der Waals surface area contributed by atoms with Gasteiger partial charge in [-0.25, -0.2) is 0 Å². The number of amides is 2. The highest BCUT2D eigenvalue weighted by molar-refractivity contribution is 9.10. The largest absolute Gasteiger partial charge is 0.455 e. The maximum atomic E-state index is 12.7. The maximum absolute atomic E-state index is 12.7. The number of benzene rings is 2. The van der Waals surface area contributed by atoms with Crippen LogP contribution in [0.25, 0.3) is 0 Å². The van der Waals surface area contributed by atoms with Gasteiger partial charge in [-0.2, -0.15) is 0 Å². The second-order valence-corrected chi connectivity index (χ2v) is 8.96. The lowest BCUT2D eigenvalue weighted by atomic mass is 10.0. The molecule has 8 heteroatoms. The van der Waals surface area contributed by atoms with E-state index in [9.17, 15) is 14.4 Å². The Bertz CT molecular complexity index is 1030. The van der Waals surface area contributed by atoms with E-state index in [4.69, 9.17) is 16.3 Å². The van der Waals surface area contributed by atoms with Gasteiger partial charge < -0.3 is 15.0 Å². The van der Waals surface area contributed by atoms with Crippen LogP contribution in [0.5, 0.6) is 0 Å². The van der Waals surface area contributed by atoms with Crippen molar-refractivity contribution >= 4 is 56.7 Å². The smallest absolute Gasteiger partial charge is 0.311 e. The van der Waals surface area contributed by atoms with Crippen LogP contribution in [0.1, 0.15) is 37.0 Å². The standard InChI is InChI=1S/C24H26BrClN2O4/c1-4-15-7-6-8-16(5-2)23(15)28-12-17(11-21(28)30)24(31)32-13-20(29)27-19-10-9-18(25)22(26)14(19)3/h6-10,17H,4-5,11-13H2,1-3H3,(H,27,29)/t17-/m1/s1. The Morgan fingerprint density at radius 2 is 1.84 bits per heavy atom. The molecular formula is C24H26BrClN2O4. The number of hydrogen-bond acceptors (Lipinski definition) is 4. The number of para-hydroxylation sites is 1. The molecule has 1 atom stereocenters. The Kier molecular flexibility index (Phi) is 7.96. The first-order valence-corrected chi connectivity index (χ1v) is 11.8. The number of rotatable bonds is 7. The van der Waals surface area contributed by atoms with E-state index in [2.05, 4.69) is 21.2 Å². The van der Waals surface area contributed by atoms with Crippen LogP contribution in [0.4, 0.5) is 11.4 Å². The van der Waals surface area contributed by atoms with Gasteiger partial charge in [-0.15, -0.1) is 0 Å². The number of nitrogens with one attached hydrogen (secondary N) is 1. The summed E-state index contributed by atoms with van der Waals surface area (Å²) in [5.41, 5.74) is 4.31. The predicted molar refractivity (Wildman–Crippen MR) is 129 cm³/mol. The molecular weight excluding hydrogens is 496 g/mol. The van der Waals surface area contributed by atoms with E-state index in [-0.39, 0.29) is 18.9 Å². The van der Waals surface area contributed by atoms with Gasteiger partial charge in [0.2, 0.25) is 5.91 Å². The summed E-state index contributed by atoms with van der Waals surface area (Å²) in [5.74, 6) is -1.72. The van der Waals surface area contributed by atoms with E-state index in [1.807, 2.05) is 32.0 Å². The molecule has 170 valence electrons. The number of aryl methyl sites for hydroxylation is 2. The SMILES string of the molecule is CCc1cccc(CC)c1N1C[C@H](C(=O)OCC(=O)Nc2ccc(Br)c(Cl)c2C)CC1=O. The Balaban J connectivity index is 1.62. The van der Waals surface area contributed by atoms with Crippen LogP contribution in [0.2, 0.25) is 5.02 Å². The number of nitrogens with zero attached hydrogens (tertiary/aromatic N) is 1. The van der Waals surface area contributed by atoms with Crippen LogP contribution in [-0.4, -0.2) is 30.9 Å². The second kappa shape index (κ2) is 10.5.